The third kappa shape index (κ3) is 13.3. The van der Waals surface area contributed by atoms with Crippen molar-refractivity contribution >= 4 is 17.6 Å². The number of esters is 2. The van der Waals surface area contributed by atoms with Crippen LogP contribution in [0.15, 0.2) is 83.2 Å². The van der Waals surface area contributed by atoms with Crippen LogP contribution in [0.1, 0.15) is 49.3 Å². The average molecular weight is 797 g/mol. The molecule has 5 N–H and O–H groups in total. The number of benzene rings is 3. The number of aliphatic hydroxyl groups excluding tert-OH is 2. The second-order valence-electron chi connectivity index (χ2n) is 13.6. The van der Waals surface area contributed by atoms with Crippen molar-refractivity contribution in [2.24, 2.45) is 0 Å². The van der Waals surface area contributed by atoms with Crippen LogP contribution in [0.2, 0.25) is 0 Å². The minimum atomic E-state index is -1.04. The molecule has 1 aliphatic rings. The fraction of sp³-hybridized carbons (Fsp3) is 0.415. The van der Waals surface area contributed by atoms with Crippen molar-refractivity contribution in [2.45, 2.75) is 58.7 Å². The molecule has 14 nitrogen and oxygen atoms in total. The molecule has 1 heterocycles. The van der Waals surface area contributed by atoms with Gasteiger partial charge in [0.15, 0.2) is 0 Å². The summed E-state index contributed by atoms with van der Waals surface area (Å²) in [5.41, 5.74) is 2.33. The lowest BCUT2D eigenvalue weighted by Gasteiger charge is -2.30. The molecule has 0 radical (unpaired) electrons. The Bertz CT molecular complexity index is 1830. The van der Waals surface area contributed by atoms with Crippen LogP contribution in [0, 0.1) is 35.6 Å². The van der Waals surface area contributed by atoms with E-state index in [1.54, 1.807) is 33.8 Å². The van der Waals surface area contributed by atoms with Gasteiger partial charge in [0.25, 0.3) is 5.69 Å². The van der Waals surface area contributed by atoms with E-state index in [1.165, 1.54) is 54.6 Å². The first kappa shape index (κ1) is 44.3. The number of aliphatic hydroxyl groups is 2. The van der Waals surface area contributed by atoms with Crippen LogP contribution in [0.5, 0.6) is 11.5 Å². The zero-order chi connectivity index (χ0) is 41.5. The van der Waals surface area contributed by atoms with Crippen molar-refractivity contribution in [1.82, 2.24) is 16.0 Å². The molecule has 0 bridgehead atoms. The third-order valence-electron chi connectivity index (χ3n) is 8.97. The number of non-ortho nitro benzene ring substituents is 1. The minimum absolute atomic E-state index is 0.00613. The molecular weight excluding hydrogens is 746 g/mol. The maximum absolute atomic E-state index is 13.7. The predicted octanol–water partition coefficient (Wildman–Crippen LogP) is 4.65. The maximum atomic E-state index is 13.7. The number of carbonyl (C=O) groups excluding carboxylic acids is 2. The molecule has 0 saturated heterocycles. The quantitative estimate of drug-likeness (QED) is 0.0409. The van der Waals surface area contributed by atoms with Crippen molar-refractivity contribution in [1.29, 1.82) is 0 Å². The van der Waals surface area contributed by atoms with Crippen LogP contribution >= 0.6 is 0 Å². The third-order valence-corrected chi connectivity index (χ3v) is 8.97. The molecule has 2 unspecified atom stereocenters. The molecule has 0 amide bonds. The highest BCUT2D eigenvalue weighted by molar-refractivity contribution is 6.00. The van der Waals surface area contributed by atoms with Gasteiger partial charge < -0.3 is 45.1 Å². The summed E-state index contributed by atoms with van der Waals surface area (Å²) in [6.07, 6.45) is -0.938. The Labute approximate surface area is 330 Å². The van der Waals surface area contributed by atoms with Crippen LogP contribution in [0.25, 0.3) is 0 Å². The second kappa shape index (κ2) is 21.8. The number of halogens is 2. The normalized spacial score (nSPS) is 15.1. The first-order chi connectivity index (χ1) is 27.2. The predicted molar refractivity (Wildman–Crippen MR) is 207 cm³/mol. The maximum Gasteiger partial charge on any atom is 0.336 e. The van der Waals surface area contributed by atoms with Crippen LogP contribution < -0.4 is 25.4 Å². The van der Waals surface area contributed by atoms with Gasteiger partial charge in [0.2, 0.25) is 0 Å². The molecule has 0 spiro atoms. The molecule has 1 aliphatic heterocycles. The molecule has 3 aromatic rings. The highest BCUT2D eigenvalue weighted by atomic mass is 19.1. The number of ether oxygens (including phenoxy) is 4. The molecule has 2 atom stereocenters. The molecule has 0 saturated carbocycles. The van der Waals surface area contributed by atoms with Crippen LogP contribution in [-0.4, -0.2) is 91.9 Å². The van der Waals surface area contributed by atoms with Crippen molar-refractivity contribution in [2.75, 3.05) is 52.6 Å². The van der Waals surface area contributed by atoms with Gasteiger partial charge in [-0.3, -0.25) is 10.1 Å². The van der Waals surface area contributed by atoms with E-state index in [0.29, 0.717) is 65.5 Å². The number of rotatable bonds is 22. The number of dihydropyridines is 1. The van der Waals surface area contributed by atoms with Gasteiger partial charge in [-0.2, -0.15) is 0 Å². The zero-order valence-electron chi connectivity index (χ0n) is 32.4. The Morgan fingerprint density at radius 3 is 1.68 bits per heavy atom. The van der Waals surface area contributed by atoms with Gasteiger partial charge in [-0.25, -0.2) is 18.4 Å². The van der Waals surface area contributed by atoms with Gasteiger partial charge in [0.1, 0.15) is 48.6 Å². The lowest BCUT2D eigenvalue weighted by atomic mass is 9.80. The van der Waals surface area contributed by atoms with E-state index in [4.69, 9.17) is 18.9 Å². The first-order valence-electron chi connectivity index (χ1n) is 18.6. The molecule has 57 heavy (non-hydrogen) atoms. The summed E-state index contributed by atoms with van der Waals surface area (Å²) in [6, 6.07) is 13.9. The van der Waals surface area contributed by atoms with E-state index in [2.05, 4.69) is 16.0 Å². The lowest BCUT2D eigenvalue weighted by Crippen LogP contribution is -2.34. The van der Waals surface area contributed by atoms with Gasteiger partial charge >= 0.3 is 11.9 Å². The summed E-state index contributed by atoms with van der Waals surface area (Å²) >= 11 is 0. The number of carbonyl (C=O) groups is 2. The Balaban J connectivity index is 1.29. The topological polar surface area (TPSA) is 191 Å². The molecule has 4 rings (SSSR count). The molecule has 308 valence electrons. The fourth-order valence-electron chi connectivity index (χ4n) is 6.14. The van der Waals surface area contributed by atoms with Crippen molar-refractivity contribution in [3.05, 3.63) is 122 Å². The molecule has 0 aliphatic carbocycles. The van der Waals surface area contributed by atoms with E-state index in [-0.39, 0.29) is 68.0 Å². The number of hydrogen-bond donors (Lipinski definition) is 5. The fourth-order valence-corrected chi connectivity index (χ4v) is 6.14. The zero-order valence-corrected chi connectivity index (χ0v) is 32.4. The monoisotopic (exact) mass is 796 g/mol. The largest absolute Gasteiger partial charge is 0.491 e. The number of nitro groups is 1. The number of hydrogen-bond acceptors (Lipinski definition) is 13. The Hall–Kier alpha value is -5.42. The molecule has 0 fully saturated rings. The number of aryl methyl sites for hydroxylation is 2. The smallest absolute Gasteiger partial charge is 0.336 e. The number of nitrogens with zero attached hydrogens (tertiary/aromatic N) is 1. The minimum Gasteiger partial charge on any atom is -0.491 e. The summed E-state index contributed by atoms with van der Waals surface area (Å²) in [6.45, 7) is 7.84. The van der Waals surface area contributed by atoms with Gasteiger partial charge in [-0.1, -0.05) is 12.1 Å². The van der Waals surface area contributed by atoms with Gasteiger partial charge in [0.05, 0.1) is 35.2 Å². The lowest BCUT2D eigenvalue weighted by molar-refractivity contribution is -0.384. The summed E-state index contributed by atoms with van der Waals surface area (Å²) in [7, 11) is 0. The van der Waals surface area contributed by atoms with Gasteiger partial charge in [-0.05, 0) is 107 Å². The number of nitrogens with one attached hydrogen (secondary N) is 3. The van der Waals surface area contributed by atoms with Crippen molar-refractivity contribution in [3.63, 3.8) is 0 Å². The van der Waals surface area contributed by atoms with Crippen molar-refractivity contribution < 1.29 is 52.5 Å². The van der Waals surface area contributed by atoms with E-state index in [1.807, 2.05) is 0 Å². The highest BCUT2D eigenvalue weighted by Gasteiger charge is 2.38. The SMILES string of the molecule is CC1=C(C(=O)OCCCNCC(O)COc2ccc(F)cc2C)C(c2cccc([N+](=O)[O-])c2)C(C(=O)OCCCNCC(O)COc2ccc(F)cc2C)=C(C)N1. The van der Waals surface area contributed by atoms with E-state index in [0.717, 1.165) is 0 Å². The van der Waals surface area contributed by atoms with Crippen LogP contribution in [0.4, 0.5) is 14.5 Å². The molecular formula is C41H50F2N4O10. The summed E-state index contributed by atoms with van der Waals surface area (Å²) < 4.78 is 49.1. The Morgan fingerprint density at radius 1 is 0.772 bits per heavy atom. The van der Waals surface area contributed by atoms with Crippen molar-refractivity contribution in [3.8, 4) is 11.5 Å². The highest BCUT2D eigenvalue weighted by Crippen LogP contribution is 2.40. The summed E-state index contributed by atoms with van der Waals surface area (Å²) in [5, 5.41) is 41.5. The van der Waals surface area contributed by atoms with E-state index in [9.17, 15) is 38.7 Å². The van der Waals surface area contributed by atoms with Crippen LogP contribution in [-0.2, 0) is 19.1 Å². The summed E-state index contributed by atoms with van der Waals surface area (Å²) in [4.78, 5) is 38.4. The first-order valence-corrected chi connectivity index (χ1v) is 18.6. The van der Waals surface area contributed by atoms with Gasteiger partial charge in [0, 0.05) is 36.6 Å². The second-order valence-corrected chi connectivity index (χ2v) is 13.6. The average Bonchev–Trinajstić information content (AvgIpc) is 3.16. The van der Waals surface area contributed by atoms with E-state index < -0.39 is 35.0 Å². The van der Waals surface area contributed by atoms with E-state index >= 15 is 0 Å². The number of allylic oxidation sites excluding steroid dienone is 2. The number of nitro benzene ring substituents is 1. The standard InChI is InChI=1S/C41H50F2N4O10/c1-25-18-30(42)10-12-35(25)56-23-33(48)21-44-14-6-16-54-40(50)37-27(3)46-28(4)38(39(37)29-8-5-9-32(20-29)47(52)53)41(51)55-17-7-15-45-22-34(49)24-57-36-13-11-31(43)19-26(36)2/h5,8-13,18-20,33-34,39,44-46,48-49H,6-7,14-17,21-24H2,1-4H3. The molecule has 16 heteroatoms. The Kier molecular flexibility index (Phi) is 16.9. The molecule has 3 aromatic carbocycles. The molecule has 0 aromatic heterocycles. The van der Waals surface area contributed by atoms with Gasteiger partial charge in [-0.15, -0.1) is 0 Å². The van der Waals surface area contributed by atoms with Crippen LogP contribution in [0.3, 0.4) is 0 Å². The Morgan fingerprint density at radius 2 is 1.25 bits per heavy atom. The summed E-state index contributed by atoms with van der Waals surface area (Å²) in [5.74, 6) is -2.30.